The lowest BCUT2D eigenvalue weighted by Crippen LogP contribution is -2.45. The van der Waals surface area contributed by atoms with Crippen molar-refractivity contribution < 1.29 is 4.79 Å². The van der Waals surface area contributed by atoms with Crippen molar-refractivity contribution in [2.75, 3.05) is 26.2 Å². The first kappa shape index (κ1) is 24.4. The van der Waals surface area contributed by atoms with E-state index in [9.17, 15) is 4.79 Å². The van der Waals surface area contributed by atoms with Crippen molar-refractivity contribution in [2.45, 2.75) is 33.7 Å². The Hall–Kier alpha value is -0.810. The van der Waals surface area contributed by atoms with Crippen molar-refractivity contribution in [1.29, 1.82) is 0 Å². The molecule has 6 heteroatoms. The van der Waals surface area contributed by atoms with E-state index in [0.717, 1.165) is 13.1 Å². The number of hydrogen-bond donors (Lipinski definition) is 2. The minimum absolute atomic E-state index is 0. The Morgan fingerprint density at radius 2 is 1.70 bits per heavy atom. The smallest absolute Gasteiger partial charge is 0.227 e. The lowest BCUT2D eigenvalue weighted by molar-refractivity contribution is -0.129. The van der Waals surface area contributed by atoms with E-state index < -0.39 is 5.41 Å². The minimum Gasteiger partial charge on any atom is -0.354 e. The van der Waals surface area contributed by atoms with Gasteiger partial charge in [0.15, 0.2) is 0 Å². The van der Waals surface area contributed by atoms with Crippen LogP contribution in [0.4, 0.5) is 0 Å². The molecule has 0 aliphatic carbocycles. The van der Waals surface area contributed by atoms with E-state index in [2.05, 4.69) is 36.2 Å². The van der Waals surface area contributed by atoms with Crippen LogP contribution >= 0.6 is 24.8 Å². The maximum atomic E-state index is 12.2. The van der Waals surface area contributed by atoms with Crippen LogP contribution in [0.2, 0.25) is 0 Å². The highest BCUT2D eigenvalue weighted by Gasteiger charge is 2.27. The molecule has 0 radical (unpaired) electrons. The van der Waals surface area contributed by atoms with Crippen molar-refractivity contribution in [1.82, 2.24) is 10.2 Å². The van der Waals surface area contributed by atoms with E-state index in [-0.39, 0.29) is 36.8 Å². The molecule has 0 aliphatic heterocycles. The lowest BCUT2D eigenvalue weighted by Gasteiger charge is -2.31. The molecular weight excluding hydrogens is 333 g/mol. The van der Waals surface area contributed by atoms with E-state index in [4.69, 9.17) is 5.73 Å². The predicted molar refractivity (Wildman–Crippen MR) is 102 cm³/mol. The lowest BCUT2D eigenvalue weighted by atomic mass is 9.92. The van der Waals surface area contributed by atoms with Crippen LogP contribution in [0.1, 0.15) is 39.3 Å². The normalized spacial score (nSPS) is 12.1. The van der Waals surface area contributed by atoms with Crippen LogP contribution in [0.25, 0.3) is 0 Å². The summed E-state index contributed by atoms with van der Waals surface area (Å²) in [5.74, 6) is 0.0121. The van der Waals surface area contributed by atoms with Crippen LogP contribution in [0.5, 0.6) is 0 Å². The molecule has 23 heavy (non-hydrogen) atoms. The van der Waals surface area contributed by atoms with Crippen molar-refractivity contribution in [3.63, 3.8) is 0 Å². The summed E-state index contributed by atoms with van der Waals surface area (Å²) in [6.45, 7) is 10.9. The number of benzene rings is 1. The standard InChI is InChI=1S/C17H29N3O.2ClH/c1-5-20(6-2)15(14-10-8-7-9-11-14)12-19-16(21)17(3,4)13-18;;/h7-11,15H,5-6,12-13,18H2,1-4H3,(H,19,21);2*1H. The molecule has 0 saturated heterocycles. The van der Waals surface area contributed by atoms with Gasteiger partial charge in [-0.3, -0.25) is 9.69 Å². The Labute approximate surface area is 153 Å². The third kappa shape index (κ3) is 7.08. The third-order valence-electron chi connectivity index (χ3n) is 4.02. The molecular formula is C17H31Cl2N3O. The second kappa shape index (κ2) is 11.7. The number of halogens is 2. The average Bonchev–Trinajstić information content (AvgIpc) is 2.51. The molecule has 0 heterocycles. The fourth-order valence-corrected chi connectivity index (χ4v) is 2.32. The first-order chi connectivity index (χ1) is 9.96. The number of likely N-dealkylation sites (N-methyl/N-ethyl adjacent to an activating group) is 1. The van der Waals surface area contributed by atoms with Gasteiger partial charge in [-0.05, 0) is 32.5 Å². The molecule has 0 aliphatic rings. The molecule has 0 saturated carbocycles. The van der Waals surface area contributed by atoms with E-state index in [0.29, 0.717) is 13.1 Å². The van der Waals surface area contributed by atoms with Crippen LogP contribution in [-0.2, 0) is 4.79 Å². The molecule has 0 bridgehead atoms. The Balaban J connectivity index is 0. The molecule has 0 fully saturated rings. The summed E-state index contributed by atoms with van der Waals surface area (Å²) < 4.78 is 0. The largest absolute Gasteiger partial charge is 0.354 e. The summed E-state index contributed by atoms with van der Waals surface area (Å²) in [6.07, 6.45) is 0. The highest BCUT2D eigenvalue weighted by molar-refractivity contribution is 5.85. The Morgan fingerprint density at radius 1 is 1.17 bits per heavy atom. The average molecular weight is 364 g/mol. The SMILES string of the molecule is CCN(CC)C(CNC(=O)C(C)(C)CN)c1ccccc1.Cl.Cl. The number of amides is 1. The molecule has 1 amide bonds. The highest BCUT2D eigenvalue weighted by Crippen LogP contribution is 2.20. The maximum absolute atomic E-state index is 12.2. The number of rotatable bonds is 8. The predicted octanol–water partition coefficient (Wildman–Crippen LogP) is 3.01. The van der Waals surface area contributed by atoms with Crippen molar-refractivity contribution in [3.05, 3.63) is 35.9 Å². The molecule has 1 unspecified atom stereocenters. The summed E-state index contributed by atoms with van der Waals surface area (Å²) in [5, 5.41) is 3.06. The molecule has 134 valence electrons. The zero-order chi connectivity index (χ0) is 15.9. The van der Waals surface area contributed by atoms with Crippen LogP contribution in [0.15, 0.2) is 30.3 Å². The Morgan fingerprint density at radius 3 is 2.13 bits per heavy atom. The van der Waals surface area contributed by atoms with Gasteiger partial charge >= 0.3 is 0 Å². The number of nitrogens with one attached hydrogen (secondary N) is 1. The molecule has 1 rings (SSSR count). The topological polar surface area (TPSA) is 58.4 Å². The summed E-state index contributed by atoms with van der Waals surface area (Å²) in [5.41, 5.74) is 6.37. The van der Waals surface area contributed by atoms with Gasteiger partial charge in [0.25, 0.3) is 0 Å². The molecule has 0 spiro atoms. The number of carbonyl (C=O) groups is 1. The monoisotopic (exact) mass is 363 g/mol. The number of carbonyl (C=O) groups excluding carboxylic acids is 1. The molecule has 3 N–H and O–H groups in total. The van der Waals surface area contributed by atoms with Gasteiger partial charge in [-0.1, -0.05) is 44.2 Å². The van der Waals surface area contributed by atoms with Crippen LogP contribution < -0.4 is 11.1 Å². The van der Waals surface area contributed by atoms with E-state index in [1.807, 2.05) is 32.0 Å². The second-order valence-electron chi connectivity index (χ2n) is 5.95. The van der Waals surface area contributed by atoms with Crippen molar-refractivity contribution in [2.24, 2.45) is 11.1 Å². The molecule has 1 atom stereocenters. The Kier molecular flexibility index (Phi) is 12.4. The van der Waals surface area contributed by atoms with Crippen molar-refractivity contribution in [3.8, 4) is 0 Å². The first-order valence-electron chi connectivity index (χ1n) is 7.73. The van der Waals surface area contributed by atoms with Gasteiger partial charge in [-0.25, -0.2) is 0 Å². The summed E-state index contributed by atoms with van der Waals surface area (Å²) in [7, 11) is 0. The summed E-state index contributed by atoms with van der Waals surface area (Å²) in [6, 6.07) is 10.5. The highest BCUT2D eigenvalue weighted by atomic mass is 35.5. The molecule has 1 aromatic rings. The van der Waals surface area contributed by atoms with Gasteiger partial charge in [-0.2, -0.15) is 0 Å². The van der Waals surface area contributed by atoms with Gasteiger partial charge in [0.1, 0.15) is 0 Å². The van der Waals surface area contributed by atoms with E-state index >= 15 is 0 Å². The maximum Gasteiger partial charge on any atom is 0.227 e. The summed E-state index contributed by atoms with van der Waals surface area (Å²) >= 11 is 0. The number of nitrogens with two attached hydrogens (primary N) is 1. The molecule has 4 nitrogen and oxygen atoms in total. The number of nitrogens with zero attached hydrogens (tertiary/aromatic N) is 1. The zero-order valence-corrected chi connectivity index (χ0v) is 16.2. The summed E-state index contributed by atoms with van der Waals surface area (Å²) in [4.78, 5) is 14.6. The quantitative estimate of drug-likeness (QED) is 0.746. The second-order valence-corrected chi connectivity index (χ2v) is 5.95. The van der Waals surface area contributed by atoms with E-state index in [1.54, 1.807) is 0 Å². The molecule has 0 aromatic heterocycles. The van der Waals surface area contributed by atoms with Crippen LogP contribution in [-0.4, -0.2) is 37.0 Å². The van der Waals surface area contributed by atoms with Crippen LogP contribution in [0.3, 0.4) is 0 Å². The first-order valence-corrected chi connectivity index (χ1v) is 7.73. The van der Waals surface area contributed by atoms with Crippen LogP contribution in [0, 0.1) is 5.41 Å². The van der Waals surface area contributed by atoms with Gasteiger partial charge in [0.05, 0.1) is 11.5 Å². The Bertz CT molecular complexity index is 437. The minimum atomic E-state index is -0.523. The fraction of sp³-hybridized carbons (Fsp3) is 0.588. The van der Waals surface area contributed by atoms with Gasteiger partial charge in [0.2, 0.25) is 5.91 Å². The third-order valence-corrected chi connectivity index (χ3v) is 4.02. The zero-order valence-electron chi connectivity index (χ0n) is 14.5. The fourth-order valence-electron chi connectivity index (χ4n) is 2.32. The number of hydrogen-bond acceptors (Lipinski definition) is 3. The van der Waals surface area contributed by atoms with E-state index in [1.165, 1.54) is 5.56 Å². The van der Waals surface area contributed by atoms with Crippen molar-refractivity contribution >= 4 is 30.7 Å². The molecule has 1 aromatic carbocycles. The van der Waals surface area contributed by atoms with Gasteiger partial charge in [-0.15, -0.1) is 24.8 Å². The van der Waals surface area contributed by atoms with Gasteiger partial charge in [0, 0.05) is 13.1 Å². The van der Waals surface area contributed by atoms with Gasteiger partial charge < -0.3 is 11.1 Å².